The van der Waals surface area contributed by atoms with Crippen molar-refractivity contribution in [2.45, 2.75) is 19.4 Å². The van der Waals surface area contributed by atoms with Crippen LogP contribution in [0, 0.1) is 0 Å². The molecular formula is C12H20N2O3. The average molecular weight is 240 g/mol. The van der Waals surface area contributed by atoms with Crippen molar-refractivity contribution in [2.75, 3.05) is 30.9 Å². The van der Waals surface area contributed by atoms with E-state index in [2.05, 4.69) is 5.32 Å². The standard InChI is InChI=1S/C12H20N2O3/c1-2-5-17-12-6-9(3-4-11(12)13)14-10(7-15)8-16/h3-4,6,10,14-16H,2,5,7-8,13H2,1H3. The van der Waals surface area contributed by atoms with Gasteiger partial charge in [0.2, 0.25) is 0 Å². The van der Waals surface area contributed by atoms with E-state index in [1.165, 1.54) is 0 Å². The molecule has 0 heterocycles. The highest BCUT2D eigenvalue weighted by Crippen LogP contribution is 2.25. The molecule has 0 atom stereocenters. The number of nitrogen functional groups attached to an aromatic ring is 1. The third kappa shape index (κ3) is 4.13. The molecule has 0 aliphatic heterocycles. The van der Waals surface area contributed by atoms with Crippen molar-refractivity contribution in [3.05, 3.63) is 18.2 Å². The zero-order valence-corrected chi connectivity index (χ0v) is 10.0. The lowest BCUT2D eigenvalue weighted by molar-refractivity contribution is 0.204. The zero-order chi connectivity index (χ0) is 12.7. The van der Waals surface area contributed by atoms with E-state index in [9.17, 15) is 0 Å². The molecule has 1 aromatic carbocycles. The molecule has 0 saturated heterocycles. The van der Waals surface area contributed by atoms with E-state index in [0.717, 1.165) is 12.1 Å². The van der Waals surface area contributed by atoms with Crippen LogP contribution in [-0.2, 0) is 0 Å². The first kappa shape index (κ1) is 13.6. The maximum absolute atomic E-state index is 8.97. The molecule has 5 heteroatoms. The summed E-state index contributed by atoms with van der Waals surface area (Å²) >= 11 is 0. The molecule has 0 amide bonds. The van der Waals surface area contributed by atoms with Crippen LogP contribution in [0.5, 0.6) is 5.75 Å². The summed E-state index contributed by atoms with van der Waals surface area (Å²) in [6.45, 7) is 2.36. The van der Waals surface area contributed by atoms with Gasteiger partial charge in [0, 0.05) is 11.8 Å². The fourth-order valence-electron chi connectivity index (χ4n) is 1.35. The van der Waals surface area contributed by atoms with E-state index in [1.54, 1.807) is 18.2 Å². The van der Waals surface area contributed by atoms with Crippen LogP contribution in [0.3, 0.4) is 0 Å². The van der Waals surface area contributed by atoms with Gasteiger partial charge < -0.3 is 26.0 Å². The number of anilines is 2. The highest BCUT2D eigenvalue weighted by atomic mass is 16.5. The Labute approximate surface area is 101 Å². The summed E-state index contributed by atoms with van der Waals surface area (Å²) in [6, 6.07) is 4.91. The number of ether oxygens (including phenoxy) is 1. The van der Waals surface area contributed by atoms with Crippen molar-refractivity contribution in [1.82, 2.24) is 0 Å². The molecule has 96 valence electrons. The molecule has 0 spiro atoms. The first-order chi connectivity index (χ1) is 8.21. The quantitative estimate of drug-likeness (QED) is 0.530. The third-order valence-corrected chi connectivity index (χ3v) is 2.29. The normalized spacial score (nSPS) is 10.6. The van der Waals surface area contributed by atoms with Gasteiger partial charge in [-0.1, -0.05) is 6.92 Å². The molecule has 5 N–H and O–H groups in total. The maximum Gasteiger partial charge on any atom is 0.144 e. The van der Waals surface area contributed by atoms with Gasteiger partial charge in [-0.2, -0.15) is 0 Å². The second-order valence-electron chi connectivity index (χ2n) is 3.81. The summed E-state index contributed by atoms with van der Waals surface area (Å²) in [7, 11) is 0. The second kappa shape index (κ2) is 6.98. The predicted octanol–water partition coefficient (Wildman–Crippen LogP) is 0.823. The van der Waals surface area contributed by atoms with Gasteiger partial charge in [0.05, 0.1) is 31.5 Å². The molecule has 0 aliphatic rings. The first-order valence-corrected chi connectivity index (χ1v) is 5.71. The Balaban J connectivity index is 2.73. The Morgan fingerprint density at radius 1 is 1.35 bits per heavy atom. The van der Waals surface area contributed by atoms with Gasteiger partial charge in [0.1, 0.15) is 5.75 Å². The van der Waals surface area contributed by atoms with E-state index in [0.29, 0.717) is 18.0 Å². The number of aliphatic hydroxyl groups is 2. The third-order valence-electron chi connectivity index (χ3n) is 2.29. The summed E-state index contributed by atoms with van der Waals surface area (Å²) < 4.78 is 5.49. The second-order valence-corrected chi connectivity index (χ2v) is 3.81. The smallest absolute Gasteiger partial charge is 0.144 e. The van der Waals surface area contributed by atoms with Crippen molar-refractivity contribution in [1.29, 1.82) is 0 Å². The maximum atomic E-state index is 8.97. The van der Waals surface area contributed by atoms with Gasteiger partial charge >= 0.3 is 0 Å². The van der Waals surface area contributed by atoms with Gasteiger partial charge in [-0.05, 0) is 18.6 Å². The number of hydrogen-bond acceptors (Lipinski definition) is 5. The van der Waals surface area contributed by atoms with Crippen LogP contribution in [-0.4, -0.2) is 36.1 Å². The largest absolute Gasteiger partial charge is 0.491 e. The average Bonchev–Trinajstić information content (AvgIpc) is 2.36. The van der Waals surface area contributed by atoms with Crippen molar-refractivity contribution in [2.24, 2.45) is 0 Å². The molecule has 0 saturated carbocycles. The number of aliphatic hydroxyl groups excluding tert-OH is 2. The van der Waals surface area contributed by atoms with Crippen LogP contribution in [0.15, 0.2) is 18.2 Å². The first-order valence-electron chi connectivity index (χ1n) is 5.71. The van der Waals surface area contributed by atoms with Crippen molar-refractivity contribution >= 4 is 11.4 Å². The number of benzene rings is 1. The molecular weight excluding hydrogens is 220 g/mol. The minimum absolute atomic E-state index is 0.133. The monoisotopic (exact) mass is 240 g/mol. The molecule has 0 fully saturated rings. The number of rotatable bonds is 7. The Kier molecular flexibility index (Phi) is 5.59. The van der Waals surface area contributed by atoms with Crippen LogP contribution in [0.1, 0.15) is 13.3 Å². The van der Waals surface area contributed by atoms with Crippen molar-refractivity contribution in [3.63, 3.8) is 0 Å². The highest BCUT2D eigenvalue weighted by molar-refractivity contribution is 5.61. The fourth-order valence-corrected chi connectivity index (χ4v) is 1.35. The Morgan fingerprint density at radius 2 is 2.06 bits per heavy atom. The van der Waals surface area contributed by atoms with Gasteiger partial charge in [0.15, 0.2) is 0 Å². The predicted molar refractivity (Wildman–Crippen MR) is 68.2 cm³/mol. The minimum atomic E-state index is -0.377. The Hall–Kier alpha value is -1.46. The molecule has 0 aliphatic carbocycles. The zero-order valence-electron chi connectivity index (χ0n) is 10.0. The number of hydrogen-bond donors (Lipinski definition) is 4. The lowest BCUT2D eigenvalue weighted by atomic mass is 10.2. The van der Waals surface area contributed by atoms with E-state index in [4.69, 9.17) is 20.7 Å². The van der Waals surface area contributed by atoms with Crippen LogP contribution in [0.4, 0.5) is 11.4 Å². The minimum Gasteiger partial charge on any atom is -0.491 e. The molecule has 17 heavy (non-hydrogen) atoms. The fraction of sp³-hybridized carbons (Fsp3) is 0.500. The van der Waals surface area contributed by atoms with Gasteiger partial charge in [-0.15, -0.1) is 0 Å². The summed E-state index contributed by atoms with van der Waals surface area (Å²) in [5, 5.41) is 20.9. The summed E-state index contributed by atoms with van der Waals surface area (Å²) in [4.78, 5) is 0. The van der Waals surface area contributed by atoms with E-state index in [1.807, 2.05) is 6.92 Å². The lowest BCUT2D eigenvalue weighted by Gasteiger charge is -2.16. The summed E-state index contributed by atoms with van der Waals surface area (Å²) in [5.41, 5.74) is 7.11. The van der Waals surface area contributed by atoms with Gasteiger partial charge in [0.25, 0.3) is 0 Å². The molecule has 1 rings (SSSR count). The molecule has 1 aromatic rings. The van der Waals surface area contributed by atoms with Crippen LogP contribution >= 0.6 is 0 Å². The van der Waals surface area contributed by atoms with Crippen LogP contribution in [0.25, 0.3) is 0 Å². The lowest BCUT2D eigenvalue weighted by Crippen LogP contribution is -2.27. The van der Waals surface area contributed by atoms with Crippen molar-refractivity contribution in [3.8, 4) is 5.75 Å². The SMILES string of the molecule is CCCOc1cc(NC(CO)CO)ccc1N. The van der Waals surface area contributed by atoms with E-state index >= 15 is 0 Å². The summed E-state index contributed by atoms with van der Waals surface area (Å²) in [5.74, 6) is 0.617. The number of nitrogens with one attached hydrogen (secondary N) is 1. The van der Waals surface area contributed by atoms with Gasteiger partial charge in [-0.25, -0.2) is 0 Å². The molecule has 5 nitrogen and oxygen atoms in total. The highest BCUT2D eigenvalue weighted by Gasteiger charge is 2.07. The summed E-state index contributed by atoms with van der Waals surface area (Å²) in [6.07, 6.45) is 0.910. The topological polar surface area (TPSA) is 87.7 Å². The van der Waals surface area contributed by atoms with Gasteiger partial charge in [-0.3, -0.25) is 0 Å². The molecule has 0 aromatic heterocycles. The van der Waals surface area contributed by atoms with Crippen LogP contribution < -0.4 is 15.8 Å². The van der Waals surface area contributed by atoms with E-state index in [-0.39, 0.29) is 19.3 Å². The van der Waals surface area contributed by atoms with Crippen LogP contribution in [0.2, 0.25) is 0 Å². The Bertz CT molecular complexity index is 341. The number of nitrogens with two attached hydrogens (primary N) is 1. The van der Waals surface area contributed by atoms with E-state index < -0.39 is 0 Å². The molecule has 0 radical (unpaired) electrons. The Morgan fingerprint density at radius 3 is 2.65 bits per heavy atom. The van der Waals surface area contributed by atoms with Crippen molar-refractivity contribution < 1.29 is 14.9 Å². The molecule has 0 bridgehead atoms. The molecule has 0 unspecified atom stereocenters.